The number of aliphatic hydroxyl groups is 1. The monoisotopic (exact) mass is 374 g/mol. The predicted octanol–water partition coefficient (Wildman–Crippen LogP) is 2.14. The van der Waals surface area contributed by atoms with E-state index in [1.165, 1.54) is 0 Å². The molecule has 0 spiro atoms. The molecule has 4 rings (SSSR count). The first-order valence-electron chi connectivity index (χ1n) is 10.2. The topological polar surface area (TPSA) is 89.8 Å². The number of carboxylic acid groups (broad SMARTS) is 1. The van der Waals surface area contributed by atoms with Crippen LogP contribution in [0.5, 0.6) is 0 Å². The summed E-state index contributed by atoms with van der Waals surface area (Å²) in [5, 5.41) is 20.7. The molecule has 3 heterocycles. The Bertz CT molecular complexity index is 730. The van der Waals surface area contributed by atoms with Gasteiger partial charge in [-0.15, -0.1) is 0 Å². The summed E-state index contributed by atoms with van der Waals surface area (Å²) in [7, 11) is 0. The molecule has 1 aromatic heterocycles. The number of carbonyl (C=O) groups is 1. The lowest BCUT2D eigenvalue weighted by Gasteiger charge is -2.44. The Balaban J connectivity index is 1.66. The molecule has 0 bridgehead atoms. The minimum absolute atomic E-state index is 0.316. The molecule has 7 heteroatoms. The van der Waals surface area contributed by atoms with Gasteiger partial charge in [-0.25, -0.2) is 4.98 Å². The molecule has 1 saturated carbocycles. The first-order chi connectivity index (χ1) is 12.9. The molecule has 27 heavy (non-hydrogen) atoms. The Kier molecular flexibility index (Phi) is 4.74. The highest BCUT2D eigenvalue weighted by Gasteiger charge is 2.52. The quantitative estimate of drug-likeness (QED) is 0.816. The molecule has 0 aromatic carbocycles. The summed E-state index contributed by atoms with van der Waals surface area (Å²) < 4.78 is 0. The number of piperidine rings is 1. The fourth-order valence-corrected chi connectivity index (χ4v) is 4.56. The van der Waals surface area contributed by atoms with E-state index in [9.17, 15) is 15.0 Å². The van der Waals surface area contributed by atoms with Gasteiger partial charge >= 0.3 is 5.97 Å². The highest BCUT2D eigenvalue weighted by Crippen LogP contribution is 2.46. The second-order valence-electron chi connectivity index (χ2n) is 8.59. The fraction of sp³-hybridized carbons (Fsp3) is 0.750. The molecule has 0 unspecified atom stereocenters. The van der Waals surface area contributed by atoms with Gasteiger partial charge in [0.2, 0.25) is 5.95 Å². The van der Waals surface area contributed by atoms with Crippen molar-refractivity contribution >= 4 is 17.7 Å². The highest BCUT2D eigenvalue weighted by molar-refractivity contribution is 5.77. The number of rotatable bonds is 5. The Morgan fingerprint density at radius 1 is 1.11 bits per heavy atom. The maximum absolute atomic E-state index is 12.2. The van der Waals surface area contributed by atoms with E-state index in [1.54, 1.807) is 0 Å². The van der Waals surface area contributed by atoms with Gasteiger partial charge in [0.1, 0.15) is 11.2 Å². The molecular weight excluding hydrogens is 344 g/mol. The lowest BCUT2D eigenvalue weighted by atomic mass is 9.73. The van der Waals surface area contributed by atoms with Crippen molar-refractivity contribution in [3.8, 4) is 0 Å². The Morgan fingerprint density at radius 3 is 2.44 bits per heavy atom. The zero-order valence-corrected chi connectivity index (χ0v) is 16.3. The van der Waals surface area contributed by atoms with E-state index in [-0.39, 0.29) is 0 Å². The SMILES string of the molecule is Cc1nc(N2CCCC2)nc(N2CC[C@@H](O)[C@](CC3CC3)(C(=O)O)C2)c1C. The number of hydrogen-bond donors (Lipinski definition) is 2. The van der Waals surface area contributed by atoms with Crippen LogP contribution in [0.15, 0.2) is 0 Å². The molecule has 2 atom stereocenters. The van der Waals surface area contributed by atoms with Crippen molar-refractivity contribution in [3.05, 3.63) is 11.3 Å². The molecule has 148 valence electrons. The zero-order valence-electron chi connectivity index (χ0n) is 16.3. The van der Waals surface area contributed by atoms with Crippen molar-refractivity contribution in [1.82, 2.24) is 9.97 Å². The number of carboxylic acids is 1. The molecule has 1 aliphatic carbocycles. The maximum Gasteiger partial charge on any atom is 0.314 e. The molecule has 2 aliphatic heterocycles. The lowest BCUT2D eigenvalue weighted by Crippen LogP contribution is -2.56. The van der Waals surface area contributed by atoms with Crippen LogP contribution in [0, 0.1) is 25.2 Å². The first kappa shape index (κ1) is 18.5. The van der Waals surface area contributed by atoms with Gasteiger partial charge in [-0.05, 0) is 45.4 Å². The van der Waals surface area contributed by atoms with Crippen LogP contribution >= 0.6 is 0 Å². The van der Waals surface area contributed by atoms with Crippen LogP contribution in [-0.2, 0) is 4.79 Å². The van der Waals surface area contributed by atoms with Gasteiger partial charge in [-0.1, -0.05) is 12.8 Å². The van der Waals surface area contributed by atoms with Gasteiger partial charge in [-0.3, -0.25) is 4.79 Å². The number of hydrogen-bond acceptors (Lipinski definition) is 6. The Morgan fingerprint density at radius 2 is 1.81 bits per heavy atom. The summed E-state index contributed by atoms with van der Waals surface area (Å²) in [4.78, 5) is 26.0. The van der Waals surface area contributed by atoms with Gasteiger partial charge in [0.15, 0.2) is 0 Å². The molecule has 1 aromatic rings. The fourth-order valence-electron chi connectivity index (χ4n) is 4.56. The van der Waals surface area contributed by atoms with Crippen LogP contribution in [0.1, 0.15) is 49.8 Å². The van der Waals surface area contributed by atoms with Crippen LogP contribution in [0.25, 0.3) is 0 Å². The summed E-state index contributed by atoms with van der Waals surface area (Å²) in [5.41, 5.74) is 0.842. The van der Waals surface area contributed by atoms with E-state index in [1.807, 2.05) is 13.8 Å². The summed E-state index contributed by atoms with van der Waals surface area (Å²) in [5.74, 6) is 1.14. The predicted molar refractivity (Wildman–Crippen MR) is 103 cm³/mol. The van der Waals surface area contributed by atoms with Gasteiger partial charge < -0.3 is 20.0 Å². The van der Waals surface area contributed by atoms with Crippen molar-refractivity contribution < 1.29 is 15.0 Å². The molecule has 2 N–H and O–H groups in total. The van der Waals surface area contributed by atoms with Gasteiger partial charge in [-0.2, -0.15) is 4.98 Å². The van der Waals surface area contributed by atoms with E-state index in [2.05, 4.69) is 14.8 Å². The maximum atomic E-state index is 12.2. The van der Waals surface area contributed by atoms with E-state index >= 15 is 0 Å². The second kappa shape index (κ2) is 6.93. The van der Waals surface area contributed by atoms with Crippen LogP contribution in [0.3, 0.4) is 0 Å². The number of aliphatic carboxylic acids is 1. The smallest absolute Gasteiger partial charge is 0.314 e. The third-order valence-electron chi connectivity index (χ3n) is 6.60. The highest BCUT2D eigenvalue weighted by atomic mass is 16.4. The number of anilines is 2. The van der Waals surface area contributed by atoms with E-state index < -0.39 is 17.5 Å². The summed E-state index contributed by atoms with van der Waals surface area (Å²) in [6, 6.07) is 0. The third kappa shape index (κ3) is 3.37. The number of nitrogens with zero attached hydrogens (tertiary/aromatic N) is 4. The van der Waals surface area contributed by atoms with Crippen molar-refractivity contribution in [2.75, 3.05) is 36.0 Å². The van der Waals surface area contributed by atoms with Crippen molar-refractivity contribution in [1.29, 1.82) is 0 Å². The van der Waals surface area contributed by atoms with Crippen LogP contribution in [0.2, 0.25) is 0 Å². The number of aliphatic hydroxyl groups excluding tert-OH is 1. The van der Waals surface area contributed by atoms with Gasteiger partial charge in [0, 0.05) is 37.4 Å². The van der Waals surface area contributed by atoms with Crippen molar-refractivity contribution in [2.45, 2.75) is 58.5 Å². The van der Waals surface area contributed by atoms with E-state index in [0.717, 1.165) is 61.8 Å². The molecule has 7 nitrogen and oxygen atoms in total. The van der Waals surface area contributed by atoms with Gasteiger partial charge in [0.05, 0.1) is 6.10 Å². The summed E-state index contributed by atoms with van der Waals surface area (Å²) in [6.45, 7) is 6.89. The molecule has 2 saturated heterocycles. The minimum Gasteiger partial charge on any atom is -0.481 e. The third-order valence-corrected chi connectivity index (χ3v) is 6.60. The number of aryl methyl sites for hydroxylation is 1. The Labute approximate surface area is 160 Å². The molecule has 0 radical (unpaired) electrons. The second-order valence-corrected chi connectivity index (χ2v) is 8.59. The molecule has 0 amide bonds. The summed E-state index contributed by atoms with van der Waals surface area (Å²) >= 11 is 0. The van der Waals surface area contributed by atoms with Crippen molar-refractivity contribution in [3.63, 3.8) is 0 Å². The standard InChI is InChI=1S/C20H30N4O3/c1-13-14(2)21-19(23-8-3-4-9-23)22-17(13)24-10-7-16(25)20(12-24,18(26)27)11-15-5-6-15/h15-16,25H,3-12H2,1-2H3,(H,26,27)/t16-,20-/m1/s1. The average Bonchev–Trinajstić information content (AvgIpc) is 3.27. The number of aromatic nitrogens is 2. The normalized spacial score (nSPS) is 28.6. The zero-order chi connectivity index (χ0) is 19.2. The van der Waals surface area contributed by atoms with Crippen molar-refractivity contribution in [2.24, 2.45) is 11.3 Å². The van der Waals surface area contributed by atoms with Crippen LogP contribution < -0.4 is 9.80 Å². The largest absolute Gasteiger partial charge is 0.481 e. The van der Waals surface area contributed by atoms with E-state index in [0.29, 0.717) is 31.8 Å². The van der Waals surface area contributed by atoms with Crippen LogP contribution in [0.4, 0.5) is 11.8 Å². The van der Waals surface area contributed by atoms with Crippen LogP contribution in [-0.4, -0.2) is 58.4 Å². The minimum atomic E-state index is -1.10. The molecule has 3 aliphatic rings. The average molecular weight is 374 g/mol. The summed E-state index contributed by atoms with van der Waals surface area (Å²) in [6.07, 6.45) is 4.69. The Hall–Kier alpha value is -1.89. The van der Waals surface area contributed by atoms with Gasteiger partial charge in [0.25, 0.3) is 0 Å². The molecular formula is C20H30N4O3. The molecule has 3 fully saturated rings. The lowest BCUT2D eigenvalue weighted by molar-refractivity contribution is -0.158. The van der Waals surface area contributed by atoms with E-state index in [4.69, 9.17) is 4.98 Å². The first-order valence-corrected chi connectivity index (χ1v) is 10.2.